The molecule has 2 unspecified atom stereocenters. The molecule has 2 N–H and O–H groups in total. The van der Waals surface area contributed by atoms with Crippen molar-refractivity contribution < 1.29 is 14.7 Å². The molecule has 0 bridgehead atoms. The quantitative estimate of drug-likeness (QED) is 0.749. The van der Waals surface area contributed by atoms with Crippen LogP contribution in [-0.4, -0.2) is 41.1 Å². The van der Waals surface area contributed by atoms with Crippen molar-refractivity contribution in [3.05, 3.63) is 12.2 Å². The number of hydrogen-bond donors (Lipinski definition) is 2. The van der Waals surface area contributed by atoms with E-state index in [0.717, 1.165) is 25.9 Å². The first-order chi connectivity index (χ1) is 8.87. The number of carbonyl (C=O) groups excluding carboxylic acids is 1. The van der Waals surface area contributed by atoms with E-state index < -0.39 is 11.9 Å². The summed E-state index contributed by atoms with van der Waals surface area (Å²) in [5.41, 5.74) is 0.318. The van der Waals surface area contributed by atoms with Gasteiger partial charge in [0.25, 0.3) is 0 Å². The first kappa shape index (κ1) is 13.9. The van der Waals surface area contributed by atoms with Crippen molar-refractivity contribution in [2.75, 3.05) is 13.1 Å². The number of likely N-dealkylation sites (tertiary alicyclic amines) is 1. The molecule has 5 heteroatoms. The third-order valence-corrected chi connectivity index (χ3v) is 4.11. The van der Waals surface area contributed by atoms with Gasteiger partial charge in [-0.2, -0.15) is 0 Å². The molecule has 5 nitrogen and oxygen atoms in total. The van der Waals surface area contributed by atoms with Gasteiger partial charge in [0.2, 0.25) is 0 Å². The minimum Gasteiger partial charge on any atom is -0.481 e. The van der Waals surface area contributed by atoms with Crippen molar-refractivity contribution in [1.29, 1.82) is 0 Å². The zero-order valence-electron chi connectivity index (χ0n) is 11.6. The number of carbonyl (C=O) groups is 2. The van der Waals surface area contributed by atoms with Gasteiger partial charge in [0, 0.05) is 13.1 Å². The van der Waals surface area contributed by atoms with E-state index in [4.69, 9.17) is 5.11 Å². The molecule has 19 heavy (non-hydrogen) atoms. The van der Waals surface area contributed by atoms with Gasteiger partial charge in [-0.3, -0.25) is 4.79 Å². The van der Waals surface area contributed by atoms with Crippen molar-refractivity contribution in [3.63, 3.8) is 0 Å². The average Bonchev–Trinajstić information content (AvgIpc) is 2.77. The van der Waals surface area contributed by atoms with Crippen LogP contribution in [0.4, 0.5) is 4.79 Å². The van der Waals surface area contributed by atoms with Crippen molar-refractivity contribution in [3.8, 4) is 0 Å². The lowest BCUT2D eigenvalue weighted by molar-refractivity contribution is -0.140. The first-order valence-corrected chi connectivity index (χ1v) is 6.84. The van der Waals surface area contributed by atoms with Gasteiger partial charge >= 0.3 is 12.0 Å². The zero-order chi connectivity index (χ0) is 14.0. The first-order valence-electron chi connectivity index (χ1n) is 6.84. The number of hydrogen-bond acceptors (Lipinski definition) is 2. The summed E-state index contributed by atoms with van der Waals surface area (Å²) in [5, 5.41) is 11.8. The largest absolute Gasteiger partial charge is 0.481 e. The third-order valence-electron chi connectivity index (χ3n) is 4.11. The van der Waals surface area contributed by atoms with E-state index in [1.165, 1.54) is 0 Å². The number of amides is 2. The predicted octanol–water partition coefficient (Wildman–Crippen LogP) is 1.85. The van der Waals surface area contributed by atoms with E-state index in [2.05, 4.69) is 19.2 Å². The van der Waals surface area contributed by atoms with E-state index in [9.17, 15) is 9.59 Å². The Morgan fingerprint density at radius 3 is 2.42 bits per heavy atom. The van der Waals surface area contributed by atoms with E-state index in [0.29, 0.717) is 11.8 Å². The molecule has 1 aliphatic carbocycles. The maximum atomic E-state index is 12.1. The second-order valence-corrected chi connectivity index (χ2v) is 6.27. The summed E-state index contributed by atoms with van der Waals surface area (Å²) in [4.78, 5) is 24.7. The number of piperidine rings is 1. The average molecular weight is 266 g/mol. The minimum absolute atomic E-state index is 0.0730. The van der Waals surface area contributed by atoms with Gasteiger partial charge in [-0.1, -0.05) is 26.0 Å². The van der Waals surface area contributed by atoms with Crippen LogP contribution in [0, 0.1) is 11.3 Å². The highest BCUT2D eigenvalue weighted by Crippen LogP contribution is 2.29. The lowest BCUT2D eigenvalue weighted by atomic mass is 9.83. The number of nitrogens with one attached hydrogen (secondary N) is 1. The molecule has 2 atom stereocenters. The van der Waals surface area contributed by atoms with Crippen LogP contribution >= 0.6 is 0 Å². The molecule has 2 rings (SSSR count). The minimum atomic E-state index is -0.826. The number of carboxylic acid groups (broad SMARTS) is 1. The molecule has 1 aliphatic heterocycles. The molecule has 106 valence electrons. The Labute approximate surface area is 113 Å². The van der Waals surface area contributed by atoms with Crippen molar-refractivity contribution in [2.24, 2.45) is 11.3 Å². The maximum absolute atomic E-state index is 12.1. The van der Waals surface area contributed by atoms with Crippen molar-refractivity contribution in [1.82, 2.24) is 10.2 Å². The Hall–Kier alpha value is -1.52. The van der Waals surface area contributed by atoms with Gasteiger partial charge in [0.1, 0.15) is 0 Å². The van der Waals surface area contributed by atoms with Crippen LogP contribution in [0.2, 0.25) is 0 Å². The number of aliphatic carboxylic acids is 1. The van der Waals surface area contributed by atoms with Crippen LogP contribution < -0.4 is 5.32 Å². The predicted molar refractivity (Wildman–Crippen MR) is 71.8 cm³/mol. The van der Waals surface area contributed by atoms with Crippen LogP contribution in [0.1, 0.15) is 33.1 Å². The summed E-state index contributed by atoms with van der Waals surface area (Å²) in [6.45, 7) is 5.99. The van der Waals surface area contributed by atoms with Gasteiger partial charge in [-0.15, -0.1) is 0 Å². The molecule has 2 aliphatic rings. The smallest absolute Gasteiger partial charge is 0.317 e. The Kier molecular flexibility index (Phi) is 3.83. The van der Waals surface area contributed by atoms with Crippen LogP contribution in [0.5, 0.6) is 0 Å². The monoisotopic (exact) mass is 266 g/mol. The number of rotatable bonds is 2. The third kappa shape index (κ3) is 3.49. The fourth-order valence-electron chi connectivity index (χ4n) is 2.55. The normalized spacial score (nSPS) is 29.3. The van der Waals surface area contributed by atoms with Crippen LogP contribution in [0.3, 0.4) is 0 Å². The summed E-state index contributed by atoms with van der Waals surface area (Å²) < 4.78 is 0. The van der Waals surface area contributed by atoms with Gasteiger partial charge < -0.3 is 15.3 Å². The molecule has 1 fully saturated rings. The number of nitrogens with zero attached hydrogens (tertiary/aromatic N) is 1. The highest BCUT2D eigenvalue weighted by atomic mass is 16.4. The van der Waals surface area contributed by atoms with Crippen LogP contribution in [0.25, 0.3) is 0 Å². The molecular weight excluding hydrogens is 244 g/mol. The van der Waals surface area contributed by atoms with Gasteiger partial charge in [-0.05, 0) is 24.7 Å². The highest BCUT2D eigenvalue weighted by Gasteiger charge is 2.30. The molecule has 0 saturated carbocycles. The van der Waals surface area contributed by atoms with Crippen LogP contribution in [0.15, 0.2) is 12.2 Å². The Balaban J connectivity index is 1.80. The molecule has 0 aromatic heterocycles. The van der Waals surface area contributed by atoms with E-state index in [-0.39, 0.29) is 12.1 Å². The summed E-state index contributed by atoms with van der Waals surface area (Å²) >= 11 is 0. The lowest BCUT2D eigenvalue weighted by Crippen LogP contribution is -2.48. The van der Waals surface area contributed by atoms with Crippen molar-refractivity contribution in [2.45, 2.75) is 39.2 Å². The molecule has 1 saturated heterocycles. The molecule has 0 aromatic carbocycles. The summed E-state index contributed by atoms with van der Waals surface area (Å²) in [5.74, 6) is -1.29. The second-order valence-electron chi connectivity index (χ2n) is 6.27. The molecule has 0 radical (unpaired) electrons. The molecule has 2 amide bonds. The Morgan fingerprint density at radius 2 is 1.89 bits per heavy atom. The lowest BCUT2D eigenvalue weighted by Gasteiger charge is -2.37. The standard InChI is InChI=1S/C14H22N2O3/c1-14(2)5-7-16(8-6-14)13(19)15-11-4-3-10(9-11)12(17)18/h3-4,10-11H,5-9H2,1-2H3,(H,15,19)(H,17,18). The topological polar surface area (TPSA) is 69.6 Å². The fourth-order valence-corrected chi connectivity index (χ4v) is 2.55. The van der Waals surface area contributed by atoms with E-state index in [1.54, 1.807) is 12.2 Å². The molecule has 0 aromatic rings. The summed E-state index contributed by atoms with van der Waals surface area (Å²) in [7, 11) is 0. The van der Waals surface area contributed by atoms with Gasteiger partial charge in [-0.25, -0.2) is 4.79 Å². The molecular formula is C14H22N2O3. The second kappa shape index (κ2) is 5.23. The summed E-state index contributed by atoms with van der Waals surface area (Å²) in [6, 6.07) is -0.222. The molecule has 0 spiro atoms. The number of carboxylic acids is 1. The SMILES string of the molecule is CC1(C)CCN(C(=O)NC2C=CC(C(=O)O)C2)CC1. The van der Waals surface area contributed by atoms with Crippen molar-refractivity contribution >= 4 is 12.0 Å². The summed E-state index contributed by atoms with van der Waals surface area (Å²) in [6.07, 6.45) is 5.93. The number of urea groups is 1. The van der Waals surface area contributed by atoms with E-state index in [1.807, 2.05) is 4.90 Å². The van der Waals surface area contributed by atoms with Crippen LogP contribution in [-0.2, 0) is 4.79 Å². The van der Waals surface area contributed by atoms with Gasteiger partial charge in [0.15, 0.2) is 0 Å². The fraction of sp³-hybridized carbons (Fsp3) is 0.714. The van der Waals surface area contributed by atoms with E-state index >= 15 is 0 Å². The van der Waals surface area contributed by atoms with Gasteiger partial charge in [0.05, 0.1) is 12.0 Å². The molecule has 1 heterocycles. The maximum Gasteiger partial charge on any atom is 0.317 e. The zero-order valence-corrected chi connectivity index (χ0v) is 11.6. The highest BCUT2D eigenvalue weighted by molar-refractivity contribution is 5.76. The Morgan fingerprint density at radius 1 is 1.26 bits per heavy atom. The Bertz CT molecular complexity index is 393.